The van der Waals surface area contributed by atoms with Crippen LogP contribution in [0.15, 0.2) is 24.3 Å². The molecule has 0 aliphatic carbocycles. The first-order valence-corrected chi connectivity index (χ1v) is 10.2. The number of carbonyl (C=O) groups is 2. The molecule has 0 bridgehead atoms. The Labute approximate surface area is 160 Å². The van der Waals surface area contributed by atoms with E-state index in [1.165, 1.54) is 23.1 Å². The Morgan fingerprint density at radius 1 is 1.15 bits per heavy atom. The van der Waals surface area contributed by atoms with Crippen LogP contribution in [0, 0.1) is 0 Å². The first-order valence-electron chi connectivity index (χ1n) is 8.20. The molecule has 1 aromatic carbocycles. The average Bonchev–Trinajstić information content (AvgIpc) is 3.09. The average molecular weight is 395 g/mol. The van der Waals surface area contributed by atoms with E-state index in [2.05, 4.69) is 20.8 Å². The van der Waals surface area contributed by atoms with Gasteiger partial charge >= 0.3 is 0 Å². The third kappa shape index (κ3) is 7.01. The predicted molar refractivity (Wildman–Crippen MR) is 105 cm³/mol. The highest BCUT2D eigenvalue weighted by Crippen LogP contribution is 2.15. The molecule has 0 aliphatic heterocycles. The highest BCUT2D eigenvalue weighted by molar-refractivity contribution is 8.00. The lowest BCUT2D eigenvalue weighted by atomic mass is 10.1. The molecule has 0 saturated heterocycles. The summed E-state index contributed by atoms with van der Waals surface area (Å²) >= 11 is 2.63. The lowest BCUT2D eigenvalue weighted by Crippen LogP contribution is -2.28. The molecule has 1 aromatic heterocycles. The molecular weight excluding hydrogens is 372 g/mol. The summed E-state index contributed by atoms with van der Waals surface area (Å²) in [5.74, 6) is 0.992. The largest absolute Gasteiger partial charge is 0.497 e. The molecule has 2 amide bonds. The van der Waals surface area contributed by atoms with Crippen LogP contribution in [0.2, 0.25) is 0 Å². The fraction of sp³-hybridized carbons (Fsp3) is 0.412. The van der Waals surface area contributed by atoms with E-state index in [0.29, 0.717) is 11.7 Å². The summed E-state index contributed by atoms with van der Waals surface area (Å²) < 4.78 is 5.11. The highest BCUT2D eigenvalue weighted by atomic mass is 32.2. The molecule has 0 aliphatic rings. The number of aryl methyl sites for hydroxylation is 1. The summed E-state index contributed by atoms with van der Waals surface area (Å²) in [7, 11) is 1.63. The van der Waals surface area contributed by atoms with Gasteiger partial charge in [-0.05, 0) is 30.5 Å². The number of hydrogen-bond acceptors (Lipinski definition) is 7. The number of anilines is 1. The van der Waals surface area contributed by atoms with Gasteiger partial charge in [0, 0.05) is 6.54 Å². The van der Waals surface area contributed by atoms with Crippen molar-refractivity contribution < 1.29 is 14.3 Å². The highest BCUT2D eigenvalue weighted by Gasteiger charge is 2.09. The number of benzene rings is 1. The maximum atomic E-state index is 11.8. The molecule has 0 fully saturated rings. The van der Waals surface area contributed by atoms with E-state index in [4.69, 9.17) is 4.74 Å². The lowest BCUT2D eigenvalue weighted by Gasteiger charge is -2.06. The van der Waals surface area contributed by atoms with Crippen LogP contribution in [-0.4, -0.2) is 47.2 Å². The van der Waals surface area contributed by atoms with Crippen LogP contribution in [0.4, 0.5) is 5.13 Å². The monoisotopic (exact) mass is 394 g/mol. The second-order valence-corrected chi connectivity index (χ2v) is 7.39. The van der Waals surface area contributed by atoms with Gasteiger partial charge in [0.15, 0.2) is 0 Å². The quantitative estimate of drug-likeness (QED) is 0.641. The van der Waals surface area contributed by atoms with Crippen LogP contribution in [0.1, 0.15) is 17.5 Å². The Bertz CT molecular complexity index is 719. The number of nitrogens with zero attached hydrogens (tertiary/aromatic N) is 2. The Kier molecular flexibility index (Phi) is 8.36. The normalized spacial score (nSPS) is 10.4. The Morgan fingerprint density at radius 2 is 1.88 bits per heavy atom. The topological polar surface area (TPSA) is 93.2 Å². The molecule has 26 heavy (non-hydrogen) atoms. The van der Waals surface area contributed by atoms with Gasteiger partial charge in [0.1, 0.15) is 10.8 Å². The lowest BCUT2D eigenvalue weighted by molar-refractivity contribution is -0.118. The second kappa shape index (κ2) is 10.8. The van der Waals surface area contributed by atoms with E-state index < -0.39 is 0 Å². The zero-order valence-corrected chi connectivity index (χ0v) is 16.4. The minimum absolute atomic E-state index is 0.0829. The predicted octanol–water partition coefficient (Wildman–Crippen LogP) is 2.14. The number of nitrogens with one attached hydrogen (secondary N) is 2. The van der Waals surface area contributed by atoms with Crippen LogP contribution >= 0.6 is 23.1 Å². The number of ether oxygens (including phenoxy) is 1. The standard InChI is InChI=1S/C17H22N4O3S2/c1-3-16-20-21-17(26-16)19-15(23)11-25-10-14(22)18-9-8-12-4-6-13(24-2)7-5-12/h4-7H,3,8-11H2,1-2H3,(H,18,22)(H,19,21,23). The summed E-state index contributed by atoms with van der Waals surface area (Å²) in [5, 5.41) is 14.7. The van der Waals surface area contributed by atoms with Gasteiger partial charge in [0.05, 0.1) is 18.6 Å². The molecule has 2 rings (SSSR count). The molecule has 0 spiro atoms. The van der Waals surface area contributed by atoms with Crippen molar-refractivity contribution >= 4 is 40.0 Å². The third-order valence-corrected chi connectivity index (χ3v) is 5.29. The summed E-state index contributed by atoms with van der Waals surface area (Å²) in [6.45, 7) is 2.54. The van der Waals surface area contributed by atoms with Crippen molar-refractivity contribution in [1.82, 2.24) is 15.5 Å². The van der Waals surface area contributed by atoms with Crippen molar-refractivity contribution in [3.05, 3.63) is 34.8 Å². The van der Waals surface area contributed by atoms with Gasteiger partial charge in [-0.15, -0.1) is 22.0 Å². The van der Waals surface area contributed by atoms with Gasteiger partial charge in [0.2, 0.25) is 16.9 Å². The van der Waals surface area contributed by atoms with Gasteiger partial charge in [-0.2, -0.15) is 0 Å². The van der Waals surface area contributed by atoms with Gasteiger partial charge in [-0.25, -0.2) is 0 Å². The number of hydrogen-bond donors (Lipinski definition) is 2. The molecule has 2 aromatic rings. The zero-order valence-electron chi connectivity index (χ0n) is 14.8. The molecule has 140 valence electrons. The van der Waals surface area contributed by atoms with Gasteiger partial charge < -0.3 is 10.1 Å². The summed E-state index contributed by atoms with van der Waals surface area (Å²) in [4.78, 5) is 23.6. The Hall–Kier alpha value is -2.13. The van der Waals surface area contributed by atoms with Crippen molar-refractivity contribution in [3.63, 3.8) is 0 Å². The van der Waals surface area contributed by atoms with Crippen molar-refractivity contribution in [2.45, 2.75) is 19.8 Å². The maximum Gasteiger partial charge on any atom is 0.236 e. The second-order valence-electron chi connectivity index (χ2n) is 5.34. The number of thioether (sulfide) groups is 1. The van der Waals surface area contributed by atoms with E-state index in [9.17, 15) is 9.59 Å². The van der Waals surface area contributed by atoms with Crippen molar-refractivity contribution in [2.75, 3.05) is 30.5 Å². The first kappa shape index (κ1) is 20.2. The van der Waals surface area contributed by atoms with Crippen molar-refractivity contribution in [1.29, 1.82) is 0 Å². The third-order valence-electron chi connectivity index (χ3n) is 3.38. The van der Waals surface area contributed by atoms with Gasteiger partial charge in [-0.3, -0.25) is 14.9 Å². The van der Waals surface area contributed by atoms with E-state index in [1.807, 2.05) is 31.2 Å². The minimum Gasteiger partial charge on any atom is -0.497 e. The number of methoxy groups -OCH3 is 1. The summed E-state index contributed by atoms with van der Waals surface area (Å²) in [6, 6.07) is 7.74. The van der Waals surface area contributed by atoms with Crippen molar-refractivity contribution in [2.24, 2.45) is 0 Å². The Balaban J connectivity index is 1.58. The molecule has 0 radical (unpaired) electrons. The van der Waals surface area contributed by atoms with Crippen LogP contribution in [0.25, 0.3) is 0 Å². The first-order chi connectivity index (χ1) is 12.6. The number of aromatic nitrogens is 2. The minimum atomic E-state index is -0.181. The van der Waals surface area contributed by atoms with Crippen LogP contribution in [-0.2, 0) is 22.4 Å². The molecule has 2 N–H and O–H groups in total. The van der Waals surface area contributed by atoms with Crippen molar-refractivity contribution in [3.8, 4) is 5.75 Å². The van der Waals surface area contributed by atoms with E-state index in [-0.39, 0.29) is 23.3 Å². The Morgan fingerprint density at radius 3 is 2.54 bits per heavy atom. The molecule has 0 atom stereocenters. The fourth-order valence-corrected chi connectivity index (χ4v) is 3.37. The fourth-order valence-electron chi connectivity index (χ4n) is 2.03. The molecule has 0 unspecified atom stereocenters. The SMILES string of the molecule is CCc1nnc(NC(=O)CSCC(=O)NCCc2ccc(OC)cc2)s1. The molecule has 0 saturated carbocycles. The number of carbonyl (C=O) groups excluding carboxylic acids is 2. The van der Waals surface area contributed by atoms with Gasteiger partial charge in [-0.1, -0.05) is 30.4 Å². The summed E-state index contributed by atoms with van der Waals surface area (Å²) in [6.07, 6.45) is 1.54. The summed E-state index contributed by atoms with van der Waals surface area (Å²) in [5.41, 5.74) is 1.13. The van der Waals surface area contributed by atoms with Crippen LogP contribution < -0.4 is 15.4 Å². The van der Waals surface area contributed by atoms with E-state index >= 15 is 0 Å². The smallest absolute Gasteiger partial charge is 0.236 e. The molecule has 7 nitrogen and oxygen atoms in total. The maximum absolute atomic E-state index is 11.8. The van der Waals surface area contributed by atoms with Crippen LogP contribution in [0.3, 0.4) is 0 Å². The molecule has 9 heteroatoms. The molecular formula is C17H22N4O3S2. The molecule has 1 heterocycles. The zero-order chi connectivity index (χ0) is 18.8. The van der Waals surface area contributed by atoms with E-state index in [0.717, 1.165) is 29.2 Å². The number of rotatable bonds is 10. The number of amides is 2. The van der Waals surface area contributed by atoms with Crippen LogP contribution in [0.5, 0.6) is 5.75 Å². The van der Waals surface area contributed by atoms with E-state index in [1.54, 1.807) is 7.11 Å². The van der Waals surface area contributed by atoms with Gasteiger partial charge in [0.25, 0.3) is 0 Å².